The molecule has 2 aliphatic rings. The number of hydrogen-bond donors (Lipinski definition) is 0. The fourth-order valence-corrected chi connectivity index (χ4v) is 2.79. The van der Waals surface area contributed by atoms with Gasteiger partial charge in [0.05, 0.1) is 13.0 Å². The third-order valence-electron chi connectivity index (χ3n) is 3.61. The van der Waals surface area contributed by atoms with Gasteiger partial charge in [0.25, 0.3) is 0 Å². The van der Waals surface area contributed by atoms with Crippen LogP contribution in [0.4, 0.5) is 0 Å². The number of esters is 1. The van der Waals surface area contributed by atoms with Crippen LogP contribution in [0.15, 0.2) is 24.3 Å². The molecular formula is C13H14O3. The molecule has 2 atom stereocenters. The molecule has 0 aromatic heterocycles. The van der Waals surface area contributed by atoms with Crippen LogP contribution in [-0.2, 0) is 26.5 Å². The zero-order valence-corrected chi connectivity index (χ0v) is 9.23. The molecule has 16 heavy (non-hydrogen) atoms. The van der Waals surface area contributed by atoms with E-state index in [1.165, 1.54) is 0 Å². The topological polar surface area (TPSA) is 35.5 Å². The lowest BCUT2D eigenvalue weighted by atomic mass is 9.81. The number of fused-ring (bicyclic) bond motifs is 3. The zero-order chi connectivity index (χ0) is 11.2. The Morgan fingerprint density at radius 3 is 3.06 bits per heavy atom. The fraction of sp³-hybridized carbons (Fsp3) is 0.462. The van der Waals surface area contributed by atoms with Crippen LogP contribution < -0.4 is 0 Å². The maximum atomic E-state index is 11.5. The molecule has 84 valence electrons. The van der Waals surface area contributed by atoms with Crippen molar-refractivity contribution in [2.24, 2.45) is 0 Å². The summed E-state index contributed by atoms with van der Waals surface area (Å²) in [6.45, 7) is 2.62. The quantitative estimate of drug-likeness (QED) is 0.677. The first-order valence-electron chi connectivity index (χ1n) is 5.68. The first kappa shape index (κ1) is 9.85. The average molecular weight is 218 g/mol. The Labute approximate surface area is 94.4 Å². The summed E-state index contributed by atoms with van der Waals surface area (Å²) in [5.41, 5.74) is 1.72. The van der Waals surface area contributed by atoms with Crippen LogP contribution in [0.2, 0.25) is 0 Å². The fourth-order valence-electron chi connectivity index (χ4n) is 2.79. The van der Waals surface area contributed by atoms with Crippen molar-refractivity contribution in [3.63, 3.8) is 0 Å². The van der Waals surface area contributed by atoms with Crippen molar-refractivity contribution >= 4 is 5.97 Å². The Kier molecular flexibility index (Phi) is 2.04. The highest BCUT2D eigenvalue weighted by molar-refractivity contribution is 5.74. The molecule has 3 heteroatoms. The third-order valence-corrected chi connectivity index (χ3v) is 3.61. The first-order chi connectivity index (χ1) is 7.76. The monoisotopic (exact) mass is 218 g/mol. The number of carbonyl (C=O) groups is 1. The molecule has 0 N–H and O–H groups in total. The van der Waals surface area contributed by atoms with E-state index in [9.17, 15) is 4.79 Å². The van der Waals surface area contributed by atoms with Crippen molar-refractivity contribution in [2.75, 3.05) is 0 Å². The first-order valence-corrected chi connectivity index (χ1v) is 5.68. The highest BCUT2D eigenvalue weighted by Gasteiger charge is 2.53. The molecule has 3 nitrogen and oxygen atoms in total. The summed E-state index contributed by atoms with van der Waals surface area (Å²) >= 11 is 0. The van der Waals surface area contributed by atoms with Gasteiger partial charge >= 0.3 is 5.97 Å². The van der Waals surface area contributed by atoms with Crippen molar-refractivity contribution in [1.82, 2.24) is 0 Å². The van der Waals surface area contributed by atoms with E-state index in [1.54, 1.807) is 0 Å². The van der Waals surface area contributed by atoms with E-state index in [4.69, 9.17) is 9.47 Å². The van der Waals surface area contributed by atoms with Gasteiger partial charge in [-0.2, -0.15) is 0 Å². The van der Waals surface area contributed by atoms with Crippen molar-refractivity contribution in [3.05, 3.63) is 35.4 Å². The van der Waals surface area contributed by atoms with Gasteiger partial charge in [0.15, 0.2) is 5.60 Å². The number of ether oxygens (including phenoxy) is 2. The van der Waals surface area contributed by atoms with E-state index >= 15 is 0 Å². The molecular weight excluding hydrogens is 204 g/mol. The van der Waals surface area contributed by atoms with E-state index in [1.807, 2.05) is 31.2 Å². The number of carbonyl (C=O) groups excluding carboxylic acids is 1. The highest BCUT2D eigenvalue weighted by atomic mass is 16.6. The summed E-state index contributed by atoms with van der Waals surface area (Å²) in [4.78, 5) is 11.5. The van der Waals surface area contributed by atoms with Crippen LogP contribution in [0.5, 0.6) is 0 Å². The molecule has 1 aromatic rings. The van der Waals surface area contributed by atoms with Gasteiger partial charge in [-0.15, -0.1) is 0 Å². The minimum Gasteiger partial charge on any atom is -0.451 e. The molecule has 0 bridgehead atoms. The van der Waals surface area contributed by atoms with E-state index in [0.29, 0.717) is 13.0 Å². The summed E-state index contributed by atoms with van der Waals surface area (Å²) in [6.07, 6.45) is 1.03. The number of benzene rings is 1. The Hall–Kier alpha value is -1.35. The smallest absolute Gasteiger partial charge is 0.309 e. The molecule has 0 amide bonds. The van der Waals surface area contributed by atoms with Crippen molar-refractivity contribution in [2.45, 2.75) is 38.1 Å². The summed E-state index contributed by atoms with van der Waals surface area (Å²) in [7, 11) is 0. The molecule has 3 rings (SSSR count). The van der Waals surface area contributed by atoms with Crippen LogP contribution in [0, 0.1) is 0 Å². The molecule has 0 saturated carbocycles. The Balaban J connectivity index is 2.16. The zero-order valence-electron chi connectivity index (χ0n) is 9.23. The minimum atomic E-state index is -0.536. The maximum Gasteiger partial charge on any atom is 0.309 e. The number of rotatable bonds is 1. The average Bonchev–Trinajstić information content (AvgIpc) is 2.66. The van der Waals surface area contributed by atoms with Crippen molar-refractivity contribution in [1.29, 1.82) is 0 Å². The highest BCUT2D eigenvalue weighted by Crippen LogP contribution is 2.46. The lowest BCUT2D eigenvalue weighted by Gasteiger charge is -2.38. The Morgan fingerprint density at radius 2 is 2.25 bits per heavy atom. The van der Waals surface area contributed by atoms with Crippen molar-refractivity contribution < 1.29 is 14.3 Å². The van der Waals surface area contributed by atoms with Crippen molar-refractivity contribution in [3.8, 4) is 0 Å². The lowest BCUT2D eigenvalue weighted by molar-refractivity contribution is -0.158. The summed E-state index contributed by atoms with van der Waals surface area (Å²) < 4.78 is 11.3. The van der Waals surface area contributed by atoms with Gasteiger partial charge in [0.1, 0.15) is 6.10 Å². The van der Waals surface area contributed by atoms with E-state index in [2.05, 4.69) is 0 Å². The minimum absolute atomic E-state index is 0.111. The van der Waals surface area contributed by atoms with Crippen LogP contribution in [0.1, 0.15) is 30.9 Å². The predicted molar refractivity (Wildman–Crippen MR) is 57.7 cm³/mol. The molecule has 1 aromatic carbocycles. The summed E-state index contributed by atoms with van der Waals surface area (Å²) in [5.74, 6) is -0.149. The molecule has 0 unspecified atom stereocenters. The second-order valence-corrected chi connectivity index (χ2v) is 4.38. The maximum absolute atomic E-state index is 11.5. The normalized spacial score (nSPS) is 31.8. The molecule has 0 radical (unpaired) electrons. The Morgan fingerprint density at radius 1 is 1.44 bits per heavy atom. The van der Waals surface area contributed by atoms with Crippen LogP contribution in [-0.4, -0.2) is 12.1 Å². The molecule has 2 aliphatic heterocycles. The van der Waals surface area contributed by atoms with Gasteiger partial charge in [0.2, 0.25) is 0 Å². The predicted octanol–water partition coefficient (Wildman–Crippen LogP) is 2.14. The van der Waals surface area contributed by atoms with Gasteiger partial charge in [-0.3, -0.25) is 4.79 Å². The van der Waals surface area contributed by atoms with Gasteiger partial charge in [-0.05, 0) is 12.0 Å². The molecule has 1 fully saturated rings. The number of hydrogen-bond acceptors (Lipinski definition) is 3. The van der Waals surface area contributed by atoms with Crippen LogP contribution >= 0.6 is 0 Å². The van der Waals surface area contributed by atoms with Crippen LogP contribution in [0.25, 0.3) is 0 Å². The SMILES string of the molecule is CC[C@@]12OC(=O)C[C@H]1OCc1ccccc12. The largest absolute Gasteiger partial charge is 0.451 e. The standard InChI is InChI=1S/C13H14O3/c1-2-13-10-6-4-3-5-9(10)8-15-11(13)7-12(14)16-13/h3-6,11H,2,7-8H2,1H3/t11-,13+/m1/s1. The summed E-state index contributed by atoms with van der Waals surface area (Å²) in [5, 5.41) is 0. The van der Waals surface area contributed by atoms with E-state index in [-0.39, 0.29) is 12.1 Å². The molecule has 1 saturated heterocycles. The molecule has 0 spiro atoms. The van der Waals surface area contributed by atoms with E-state index in [0.717, 1.165) is 17.5 Å². The van der Waals surface area contributed by atoms with Gasteiger partial charge in [-0.1, -0.05) is 31.2 Å². The molecule has 2 heterocycles. The molecule has 0 aliphatic carbocycles. The summed E-state index contributed by atoms with van der Waals surface area (Å²) in [6, 6.07) is 8.06. The Bertz CT molecular complexity index is 441. The second kappa shape index (κ2) is 3.32. The van der Waals surface area contributed by atoms with Gasteiger partial charge in [0, 0.05) is 5.56 Å². The van der Waals surface area contributed by atoms with Gasteiger partial charge in [-0.25, -0.2) is 0 Å². The second-order valence-electron chi connectivity index (χ2n) is 4.38. The lowest BCUT2D eigenvalue weighted by Crippen LogP contribution is -2.41. The van der Waals surface area contributed by atoms with E-state index < -0.39 is 5.60 Å². The van der Waals surface area contributed by atoms with Gasteiger partial charge < -0.3 is 9.47 Å². The third kappa shape index (κ3) is 1.15. The van der Waals surface area contributed by atoms with Crippen LogP contribution in [0.3, 0.4) is 0 Å².